The van der Waals surface area contributed by atoms with Gasteiger partial charge in [-0.05, 0) is 99.8 Å². The summed E-state index contributed by atoms with van der Waals surface area (Å²) in [7, 11) is 0. The van der Waals surface area contributed by atoms with Gasteiger partial charge in [-0.25, -0.2) is 0 Å². The monoisotopic (exact) mass is 769 g/mol. The third-order valence-electron chi connectivity index (χ3n) is 14.6. The second-order valence-electron chi connectivity index (χ2n) is 20.6. The molecule has 0 bridgehead atoms. The van der Waals surface area contributed by atoms with E-state index in [-0.39, 0.29) is 46.2 Å². The van der Waals surface area contributed by atoms with Crippen LogP contribution in [0.2, 0.25) is 0 Å². The second kappa shape index (κ2) is 15.7. The minimum absolute atomic E-state index is 0.00858. The molecule has 2 spiro atoms. The van der Waals surface area contributed by atoms with Crippen molar-refractivity contribution in [1.29, 1.82) is 0 Å². The van der Waals surface area contributed by atoms with Crippen molar-refractivity contribution in [2.24, 2.45) is 27.1 Å². The van der Waals surface area contributed by atoms with Crippen LogP contribution >= 0.6 is 0 Å². The van der Waals surface area contributed by atoms with Gasteiger partial charge in [0.05, 0.1) is 12.1 Å². The van der Waals surface area contributed by atoms with Crippen LogP contribution in [0.15, 0.2) is 0 Å². The van der Waals surface area contributed by atoms with E-state index in [0.717, 1.165) is 64.3 Å². The van der Waals surface area contributed by atoms with Gasteiger partial charge < -0.3 is 26.2 Å². The number of Topliss-reactive ketones (excluding diaryl/α,β-unsaturated/α-hetero) is 1. The highest BCUT2D eigenvalue weighted by atomic mass is 16.2. The van der Waals surface area contributed by atoms with E-state index in [2.05, 4.69) is 53.9 Å². The predicted molar refractivity (Wildman–Crippen MR) is 212 cm³/mol. The quantitative estimate of drug-likeness (QED) is 0.199. The van der Waals surface area contributed by atoms with Crippen LogP contribution < -0.4 is 21.3 Å². The Hall–Kier alpha value is -3.02. The summed E-state index contributed by atoms with van der Waals surface area (Å²) in [6.07, 6.45) is 9.92. The van der Waals surface area contributed by atoms with Crippen molar-refractivity contribution in [1.82, 2.24) is 31.1 Å². The van der Waals surface area contributed by atoms with E-state index in [4.69, 9.17) is 0 Å². The maximum absolute atomic E-state index is 15.1. The number of ketones is 1. The van der Waals surface area contributed by atoms with Crippen LogP contribution in [0.1, 0.15) is 153 Å². The van der Waals surface area contributed by atoms with Crippen molar-refractivity contribution in [3.8, 4) is 0 Å². The van der Waals surface area contributed by atoms with Crippen LogP contribution in [0.5, 0.6) is 0 Å². The fourth-order valence-electron chi connectivity index (χ4n) is 10.7. The van der Waals surface area contributed by atoms with E-state index in [9.17, 15) is 24.0 Å². The minimum Gasteiger partial charge on any atom is -0.347 e. The van der Waals surface area contributed by atoms with E-state index >= 15 is 4.79 Å². The molecule has 0 aromatic heterocycles. The average molecular weight is 769 g/mol. The topological polar surface area (TPSA) is 157 Å². The summed E-state index contributed by atoms with van der Waals surface area (Å²) in [6, 6.07) is -3.95. The Labute approximate surface area is 330 Å². The number of fused-ring (bicyclic) bond motifs is 1. The first-order valence-electron chi connectivity index (χ1n) is 21.3. The van der Waals surface area contributed by atoms with Gasteiger partial charge in [0.2, 0.25) is 29.4 Å². The Bertz CT molecular complexity index is 1500. The molecule has 55 heavy (non-hydrogen) atoms. The SMILES string of the molecule is CCCC(NC(=O)[C@@H]1C[C@@]2(CN1C(=O)[C@@H](NC(=O)[C@@H](NC(=O)[C@@H]1CCCCN1C(C)C)C(C)(C)C)C(C)(C)C)C(C)(C)C21CCC1)C(=O)C(=O)NC1CCC1. The van der Waals surface area contributed by atoms with Gasteiger partial charge in [0.1, 0.15) is 18.1 Å². The zero-order chi connectivity index (χ0) is 40.9. The molecule has 5 fully saturated rings. The highest BCUT2D eigenvalue weighted by Gasteiger charge is 2.85. The normalized spacial score (nSPS) is 27.7. The molecule has 2 saturated heterocycles. The van der Waals surface area contributed by atoms with Gasteiger partial charge >= 0.3 is 0 Å². The first-order valence-corrected chi connectivity index (χ1v) is 21.3. The highest BCUT2D eigenvalue weighted by Crippen LogP contribution is 2.88. The fourth-order valence-corrected chi connectivity index (χ4v) is 10.7. The van der Waals surface area contributed by atoms with Gasteiger partial charge in [0.15, 0.2) is 0 Å². The van der Waals surface area contributed by atoms with Gasteiger partial charge in [-0.15, -0.1) is 0 Å². The van der Waals surface area contributed by atoms with Crippen LogP contribution in [0, 0.1) is 27.1 Å². The summed E-state index contributed by atoms with van der Waals surface area (Å²) in [4.78, 5) is 88.0. The molecule has 5 rings (SSSR count). The number of hydrogen-bond acceptors (Lipinski definition) is 7. The Kier molecular flexibility index (Phi) is 12.3. The number of nitrogens with zero attached hydrogens (tertiary/aromatic N) is 2. The van der Waals surface area contributed by atoms with Gasteiger partial charge in [0.25, 0.3) is 5.91 Å². The Morgan fingerprint density at radius 3 is 1.85 bits per heavy atom. The van der Waals surface area contributed by atoms with Crippen molar-refractivity contribution in [2.75, 3.05) is 13.1 Å². The molecule has 1 unspecified atom stereocenters. The van der Waals surface area contributed by atoms with Crippen LogP contribution in [-0.2, 0) is 28.8 Å². The van der Waals surface area contributed by atoms with Crippen molar-refractivity contribution in [2.45, 2.75) is 196 Å². The molecule has 0 aromatic rings. The fraction of sp³-hybridized carbons (Fsp3) is 0.860. The molecule has 4 N–H and O–H groups in total. The molecule has 6 atom stereocenters. The zero-order valence-electron chi connectivity index (χ0n) is 35.8. The maximum atomic E-state index is 15.1. The molecule has 2 heterocycles. The summed E-state index contributed by atoms with van der Waals surface area (Å²) in [5.74, 6) is -2.74. The lowest BCUT2D eigenvalue weighted by molar-refractivity contribution is -0.146. The molecule has 2 aliphatic heterocycles. The van der Waals surface area contributed by atoms with Gasteiger partial charge in [-0.1, -0.05) is 81.6 Å². The summed E-state index contributed by atoms with van der Waals surface area (Å²) < 4.78 is 0. The number of amides is 5. The predicted octanol–water partition coefficient (Wildman–Crippen LogP) is 4.63. The molecular weight excluding hydrogens is 697 g/mol. The Morgan fingerprint density at radius 1 is 0.745 bits per heavy atom. The van der Waals surface area contributed by atoms with Gasteiger partial charge in [0, 0.05) is 24.0 Å². The number of carbonyl (C=O) groups is 6. The maximum Gasteiger partial charge on any atom is 0.289 e. The van der Waals surface area contributed by atoms with Crippen LogP contribution in [0.4, 0.5) is 0 Å². The number of likely N-dealkylation sites (tertiary alicyclic amines) is 2. The summed E-state index contributed by atoms with van der Waals surface area (Å²) >= 11 is 0. The molecule has 5 aliphatic rings. The van der Waals surface area contributed by atoms with Gasteiger partial charge in [-0.2, -0.15) is 0 Å². The minimum atomic E-state index is -1.01. The first kappa shape index (κ1) is 43.1. The van der Waals surface area contributed by atoms with Crippen molar-refractivity contribution in [3.63, 3.8) is 0 Å². The average Bonchev–Trinajstić information content (AvgIpc) is 3.27. The Balaban J connectivity index is 1.40. The zero-order valence-corrected chi connectivity index (χ0v) is 35.8. The third-order valence-corrected chi connectivity index (χ3v) is 14.6. The number of carbonyl (C=O) groups excluding carboxylic acids is 6. The molecule has 3 saturated carbocycles. The lowest BCUT2D eigenvalue weighted by Crippen LogP contribution is -2.64. The standard InChI is InChI=1S/C43H72N6O6/c1-12-17-28(31(50)36(53)44-27-18-15-19-27)45-35(52)30-24-43(41(10,11)42(43)21-16-22-42)25-49(30)38(55)33(40(7,8)9)47-37(54)32(39(4,5)6)46-34(51)29-20-13-14-23-48(29)26(2)3/h26-30,32-33H,12-25H2,1-11H3,(H,44,53)(H,45,52)(H,46,51)(H,47,54)/t28?,29-,30-,32+,33+,43+/m0/s1. The summed E-state index contributed by atoms with van der Waals surface area (Å²) in [5, 5.41) is 11.9. The molecule has 310 valence electrons. The molecular formula is C43H72N6O6. The molecule has 0 aromatic carbocycles. The summed E-state index contributed by atoms with van der Waals surface area (Å²) in [6.45, 7) is 23.2. The van der Waals surface area contributed by atoms with Crippen LogP contribution in [0.3, 0.4) is 0 Å². The molecule has 5 amide bonds. The van der Waals surface area contributed by atoms with E-state index < -0.39 is 58.5 Å². The first-order chi connectivity index (χ1) is 25.5. The van der Waals surface area contributed by atoms with Crippen LogP contribution in [0.25, 0.3) is 0 Å². The van der Waals surface area contributed by atoms with E-state index in [1.54, 1.807) is 4.90 Å². The Morgan fingerprint density at radius 2 is 1.36 bits per heavy atom. The second-order valence-corrected chi connectivity index (χ2v) is 20.6. The van der Waals surface area contributed by atoms with E-state index in [0.29, 0.717) is 25.8 Å². The van der Waals surface area contributed by atoms with Crippen LogP contribution in [-0.4, -0.2) is 101 Å². The molecule has 12 heteroatoms. The van der Waals surface area contributed by atoms with E-state index in [1.165, 1.54) is 0 Å². The van der Waals surface area contributed by atoms with Crippen molar-refractivity contribution in [3.05, 3.63) is 0 Å². The lowest BCUT2D eigenvalue weighted by Gasteiger charge is -2.40. The van der Waals surface area contributed by atoms with Gasteiger partial charge in [-0.3, -0.25) is 33.7 Å². The summed E-state index contributed by atoms with van der Waals surface area (Å²) in [5.41, 5.74) is -1.76. The molecule has 0 radical (unpaired) electrons. The largest absolute Gasteiger partial charge is 0.347 e. The van der Waals surface area contributed by atoms with E-state index in [1.807, 2.05) is 48.5 Å². The number of nitrogens with one attached hydrogen (secondary N) is 4. The number of piperidine rings is 1. The third kappa shape index (κ3) is 7.96. The highest BCUT2D eigenvalue weighted by molar-refractivity contribution is 6.38. The van der Waals surface area contributed by atoms with Crippen molar-refractivity contribution >= 4 is 35.3 Å². The molecule has 3 aliphatic carbocycles. The number of rotatable bonds is 13. The lowest BCUT2D eigenvalue weighted by atomic mass is 9.73. The smallest absolute Gasteiger partial charge is 0.289 e. The number of hydrogen-bond donors (Lipinski definition) is 4. The van der Waals surface area contributed by atoms with Crippen molar-refractivity contribution < 1.29 is 28.8 Å². The molecule has 12 nitrogen and oxygen atoms in total.